The van der Waals surface area contributed by atoms with Crippen molar-refractivity contribution in [1.82, 2.24) is 15.1 Å². The van der Waals surface area contributed by atoms with E-state index in [1.54, 1.807) is 4.90 Å². The Morgan fingerprint density at radius 3 is 2.58 bits per heavy atom. The van der Waals surface area contributed by atoms with E-state index in [1.807, 2.05) is 14.0 Å². The van der Waals surface area contributed by atoms with Gasteiger partial charge in [0.1, 0.15) is 0 Å². The van der Waals surface area contributed by atoms with E-state index in [9.17, 15) is 14.7 Å². The maximum absolute atomic E-state index is 12.0. The van der Waals surface area contributed by atoms with Crippen molar-refractivity contribution in [2.24, 2.45) is 0 Å². The lowest BCUT2D eigenvalue weighted by Gasteiger charge is -2.38. The number of carboxylic acid groups (broad SMARTS) is 1. The van der Waals surface area contributed by atoms with Gasteiger partial charge < -0.3 is 25.3 Å². The second-order valence-corrected chi connectivity index (χ2v) is 5.53. The van der Waals surface area contributed by atoms with Crippen molar-refractivity contribution < 1.29 is 19.8 Å². The van der Waals surface area contributed by atoms with Crippen molar-refractivity contribution in [2.75, 3.05) is 33.2 Å². The smallest absolute Gasteiger partial charge is 0.317 e. The molecule has 0 spiro atoms. The lowest BCUT2D eigenvalue weighted by molar-refractivity contribution is -0.141. The molecule has 0 aromatic heterocycles. The number of rotatable bonds is 4. The molecular weight excluding hydrogens is 250 g/mol. The minimum absolute atomic E-state index is 0.0722. The highest BCUT2D eigenvalue weighted by atomic mass is 16.4. The number of aliphatic carboxylic acids is 1. The van der Waals surface area contributed by atoms with Crippen molar-refractivity contribution in [2.45, 2.75) is 31.9 Å². The average Bonchev–Trinajstić information content (AvgIpc) is 2.24. The molecule has 0 aliphatic carbocycles. The monoisotopic (exact) mass is 273 g/mol. The molecule has 0 aromatic carbocycles. The van der Waals surface area contributed by atoms with Crippen LogP contribution in [0.4, 0.5) is 4.79 Å². The summed E-state index contributed by atoms with van der Waals surface area (Å²) in [6.07, 6.45) is -0.397. The van der Waals surface area contributed by atoms with Crippen LogP contribution in [0.15, 0.2) is 0 Å². The maximum atomic E-state index is 12.0. The van der Waals surface area contributed by atoms with Crippen LogP contribution < -0.4 is 5.32 Å². The number of urea groups is 1. The summed E-state index contributed by atoms with van der Waals surface area (Å²) in [5, 5.41) is 21.1. The van der Waals surface area contributed by atoms with Gasteiger partial charge in [-0.05, 0) is 20.9 Å². The summed E-state index contributed by atoms with van der Waals surface area (Å²) >= 11 is 0. The van der Waals surface area contributed by atoms with Gasteiger partial charge in [-0.1, -0.05) is 0 Å². The quantitative estimate of drug-likeness (QED) is 0.645. The summed E-state index contributed by atoms with van der Waals surface area (Å²) in [4.78, 5) is 26.4. The third-order valence-corrected chi connectivity index (χ3v) is 3.24. The van der Waals surface area contributed by atoms with Crippen LogP contribution in [-0.4, -0.2) is 76.9 Å². The van der Waals surface area contributed by atoms with Gasteiger partial charge >= 0.3 is 12.0 Å². The Balaban J connectivity index is 2.45. The molecule has 0 radical (unpaired) electrons. The number of carboxylic acids is 1. The van der Waals surface area contributed by atoms with Gasteiger partial charge in [0, 0.05) is 32.2 Å². The number of nitrogens with one attached hydrogen (secondary N) is 1. The van der Waals surface area contributed by atoms with Crippen molar-refractivity contribution in [3.8, 4) is 0 Å². The second kappa shape index (κ2) is 6.21. The van der Waals surface area contributed by atoms with Crippen molar-refractivity contribution >= 4 is 12.0 Å². The lowest BCUT2D eigenvalue weighted by atomic mass is 10.0. The zero-order valence-electron chi connectivity index (χ0n) is 11.7. The zero-order valence-corrected chi connectivity index (χ0v) is 11.7. The Labute approximate surface area is 113 Å². The molecule has 3 N–H and O–H groups in total. The molecule has 2 atom stereocenters. The summed E-state index contributed by atoms with van der Waals surface area (Å²) in [6, 6.07) is -0.158. The predicted molar refractivity (Wildman–Crippen MR) is 69.9 cm³/mol. The van der Waals surface area contributed by atoms with E-state index in [-0.39, 0.29) is 18.6 Å². The number of aliphatic hydroxyl groups is 1. The first-order valence-corrected chi connectivity index (χ1v) is 6.38. The van der Waals surface area contributed by atoms with Crippen LogP contribution in [0.3, 0.4) is 0 Å². The van der Waals surface area contributed by atoms with Gasteiger partial charge in [0.2, 0.25) is 0 Å². The van der Waals surface area contributed by atoms with Crippen molar-refractivity contribution in [3.05, 3.63) is 0 Å². The normalized spacial score (nSPS) is 23.8. The van der Waals surface area contributed by atoms with Gasteiger partial charge in [-0.2, -0.15) is 0 Å². The SMILES string of the molecule is CC1CN(C)CCN1C(=O)NCC(C)(O)CC(=O)O. The molecule has 1 aliphatic heterocycles. The fourth-order valence-electron chi connectivity index (χ4n) is 2.20. The molecule has 7 nitrogen and oxygen atoms in total. The first kappa shape index (κ1) is 15.7. The van der Waals surface area contributed by atoms with E-state index in [2.05, 4.69) is 10.2 Å². The van der Waals surface area contributed by atoms with Gasteiger partial charge in [-0.15, -0.1) is 0 Å². The van der Waals surface area contributed by atoms with Crippen LogP contribution in [0.25, 0.3) is 0 Å². The molecule has 1 aliphatic rings. The highest BCUT2D eigenvalue weighted by Crippen LogP contribution is 2.10. The first-order chi connectivity index (χ1) is 8.71. The minimum atomic E-state index is -1.43. The van der Waals surface area contributed by atoms with Crippen molar-refractivity contribution in [3.63, 3.8) is 0 Å². The van der Waals surface area contributed by atoms with E-state index in [1.165, 1.54) is 6.92 Å². The molecule has 7 heteroatoms. The zero-order chi connectivity index (χ0) is 14.6. The number of hydrogen-bond acceptors (Lipinski definition) is 4. The lowest BCUT2D eigenvalue weighted by Crippen LogP contribution is -2.57. The third kappa shape index (κ3) is 5.04. The van der Waals surface area contributed by atoms with Gasteiger partial charge in [0.25, 0.3) is 0 Å². The number of nitrogens with zero attached hydrogens (tertiary/aromatic N) is 2. The van der Waals surface area contributed by atoms with E-state index in [4.69, 9.17) is 5.11 Å². The third-order valence-electron chi connectivity index (χ3n) is 3.24. The Bertz CT molecular complexity index is 346. The van der Waals surface area contributed by atoms with Crippen LogP contribution in [0.2, 0.25) is 0 Å². The van der Waals surface area contributed by atoms with Gasteiger partial charge in [0.15, 0.2) is 0 Å². The number of carbonyl (C=O) groups is 2. The molecule has 2 amide bonds. The van der Waals surface area contributed by atoms with E-state index >= 15 is 0 Å². The summed E-state index contributed by atoms with van der Waals surface area (Å²) in [5.74, 6) is -1.09. The minimum Gasteiger partial charge on any atom is -0.481 e. The Morgan fingerprint density at radius 1 is 1.42 bits per heavy atom. The second-order valence-electron chi connectivity index (χ2n) is 5.53. The molecule has 0 bridgehead atoms. The summed E-state index contributed by atoms with van der Waals surface area (Å²) < 4.78 is 0. The standard InChI is InChI=1S/C12H23N3O4/c1-9-7-14(3)4-5-15(9)11(18)13-8-12(2,19)6-10(16)17/h9,19H,4-8H2,1-3H3,(H,13,18)(H,16,17). The highest BCUT2D eigenvalue weighted by Gasteiger charge is 2.29. The predicted octanol–water partition coefficient (Wildman–Crippen LogP) is -0.442. The number of amides is 2. The average molecular weight is 273 g/mol. The molecule has 0 aromatic rings. The summed E-state index contributed by atoms with van der Waals surface area (Å²) in [5.41, 5.74) is -1.43. The van der Waals surface area contributed by atoms with Crippen LogP contribution in [0.1, 0.15) is 20.3 Å². The maximum Gasteiger partial charge on any atom is 0.317 e. The number of hydrogen-bond donors (Lipinski definition) is 3. The van der Waals surface area contributed by atoms with Crippen LogP contribution in [-0.2, 0) is 4.79 Å². The van der Waals surface area contributed by atoms with Crippen LogP contribution in [0.5, 0.6) is 0 Å². The highest BCUT2D eigenvalue weighted by molar-refractivity contribution is 5.75. The molecule has 2 unspecified atom stereocenters. The van der Waals surface area contributed by atoms with E-state index in [0.717, 1.165) is 13.1 Å². The summed E-state index contributed by atoms with van der Waals surface area (Å²) in [7, 11) is 2.00. The molecule has 1 fully saturated rings. The van der Waals surface area contributed by atoms with Gasteiger partial charge in [0.05, 0.1) is 12.0 Å². The molecule has 1 rings (SSSR count). The number of carbonyl (C=O) groups excluding carboxylic acids is 1. The Kier molecular flexibility index (Phi) is 5.13. The molecule has 110 valence electrons. The fraction of sp³-hybridized carbons (Fsp3) is 0.833. The number of likely N-dealkylation sites (N-methyl/N-ethyl adjacent to an activating group) is 1. The largest absolute Gasteiger partial charge is 0.481 e. The Hall–Kier alpha value is -1.34. The Morgan fingerprint density at radius 2 is 2.05 bits per heavy atom. The molecule has 1 saturated heterocycles. The van der Waals surface area contributed by atoms with Crippen LogP contribution in [0, 0.1) is 0 Å². The molecule has 1 heterocycles. The molecule has 0 saturated carbocycles. The summed E-state index contributed by atoms with van der Waals surface area (Å²) in [6.45, 7) is 5.53. The molecular formula is C12H23N3O4. The fourth-order valence-corrected chi connectivity index (χ4v) is 2.20. The van der Waals surface area contributed by atoms with Gasteiger partial charge in [-0.3, -0.25) is 4.79 Å². The van der Waals surface area contributed by atoms with Gasteiger partial charge in [-0.25, -0.2) is 4.79 Å². The topological polar surface area (TPSA) is 93.1 Å². The number of piperazine rings is 1. The van der Waals surface area contributed by atoms with Crippen molar-refractivity contribution in [1.29, 1.82) is 0 Å². The first-order valence-electron chi connectivity index (χ1n) is 6.38. The molecule has 19 heavy (non-hydrogen) atoms. The van der Waals surface area contributed by atoms with E-state index in [0.29, 0.717) is 6.54 Å². The van der Waals surface area contributed by atoms with E-state index < -0.39 is 18.0 Å². The van der Waals surface area contributed by atoms with Crippen LogP contribution >= 0.6 is 0 Å².